The molecule has 1 atom stereocenters. The zero-order valence-corrected chi connectivity index (χ0v) is 10.8. The summed E-state index contributed by atoms with van der Waals surface area (Å²) in [7, 11) is 3.33. The summed E-state index contributed by atoms with van der Waals surface area (Å²) < 4.78 is 10.8. The zero-order chi connectivity index (χ0) is 12.3. The molecule has 0 heterocycles. The van der Waals surface area contributed by atoms with Crippen LogP contribution in [0.25, 0.3) is 0 Å². The highest BCUT2D eigenvalue weighted by atomic mass is 16.5. The smallest absolute Gasteiger partial charge is 0.164 e. The molecule has 3 nitrogen and oxygen atoms in total. The number of hydrogen-bond donors (Lipinski definition) is 1. The van der Waals surface area contributed by atoms with Crippen LogP contribution in [-0.4, -0.2) is 20.3 Å². The molecule has 1 aromatic carbocycles. The fourth-order valence-corrected chi connectivity index (χ4v) is 1.90. The molecule has 0 aromatic heterocycles. The molecular weight excluding hydrogens is 202 g/mol. The maximum Gasteiger partial charge on any atom is 0.164 e. The number of aryl methyl sites for hydroxylation is 1. The molecule has 1 rings (SSSR count). The molecule has 90 valence electrons. The zero-order valence-electron chi connectivity index (χ0n) is 10.8. The van der Waals surface area contributed by atoms with Gasteiger partial charge in [0.1, 0.15) is 0 Å². The van der Waals surface area contributed by atoms with Crippen molar-refractivity contribution in [1.29, 1.82) is 0 Å². The summed E-state index contributed by atoms with van der Waals surface area (Å²) in [6, 6.07) is 2.24. The second-order valence-corrected chi connectivity index (χ2v) is 4.23. The van der Waals surface area contributed by atoms with Gasteiger partial charge in [-0.2, -0.15) is 0 Å². The van der Waals surface area contributed by atoms with E-state index in [0.717, 1.165) is 29.0 Å². The van der Waals surface area contributed by atoms with Crippen molar-refractivity contribution < 1.29 is 9.47 Å². The molecule has 0 saturated heterocycles. The summed E-state index contributed by atoms with van der Waals surface area (Å²) >= 11 is 0. The Balaban J connectivity index is 3.31. The minimum atomic E-state index is 0.112. The SMILES string of the molecule is COc1c(CC(C)N)cc(C)c(C)c1OC. The summed E-state index contributed by atoms with van der Waals surface area (Å²) in [4.78, 5) is 0. The van der Waals surface area contributed by atoms with Gasteiger partial charge in [0.05, 0.1) is 14.2 Å². The maximum absolute atomic E-state index is 5.83. The molecule has 3 heteroatoms. The van der Waals surface area contributed by atoms with Crippen molar-refractivity contribution in [2.45, 2.75) is 33.2 Å². The van der Waals surface area contributed by atoms with Crippen LogP contribution in [0.3, 0.4) is 0 Å². The van der Waals surface area contributed by atoms with Gasteiger partial charge in [-0.25, -0.2) is 0 Å². The lowest BCUT2D eigenvalue weighted by molar-refractivity contribution is 0.348. The molecule has 2 N–H and O–H groups in total. The Kier molecular flexibility index (Phi) is 4.19. The lowest BCUT2D eigenvalue weighted by Gasteiger charge is -2.18. The van der Waals surface area contributed by atoms with Crippen molar-refractivity contribution in [1.82, 2.24) is 0 Å². The third-order valence-corrected chi connectivity index (χ3v) is 2.77. The number of nitrogens with two attached hydrogens (primary N) is 1. The molecule has 0 spiro atoms. The van der Waals surface area contributed by atoms with Crippen LogP contribution in [0.5, 0.6) is 11.5 Å². The number of ether oxygens (including phenoxy) is 2. The van der Waals surface area contributed by atoms with Crippen LogP contribution >= 0.6 is 0 Å². The van der Waals surface area contributed by atoms with E-state index in [-0.39, 0.29) is 6.04 Å². The van der Waals surface area contributed by atoms with E-state index in [2.05, 4.69) is 13.0 Å². The molecule has 0 bridgehead atoms. The van der Waals surface area contributed by atoms with E-state index in [1.807, 2.05) is 13.8 Å². The average molecular weight is 223 g/mol. The first-order valence-electron chi connectivity index (χ1n) is 5.47. The highest BCUT2D eigenvalue weighted by Gasteiger charge is 2.15. The summed E-state index contributed by atoms with van der Waals surface area (Å²) in [6.45, 7) is 6.09. The number of methoxy groups -OCH3 is 2. The number of hydrogen-bond acceptors (Lipinski definition) is 3. The van der Waals surface area contributed by atoms with Crippen LogP contribution in [0.1, 0.15) is 23.6 Å². The normalized spacial score (nSPS) is 12.4. The quantitative estimate of drug-likeness (QED) is 0.851. The Morgan fingerprint density at radius 3 is 2.19 bits per heavy atom. The number of rotatable bonds is 4. The van der Waals surface area contributed by atoms with Crippen molar-refractivity contribution in [3.8, 4) is 11.5 Å². The van der Waals surface area contributed by atoms with Crippen LogP contribution in [0.4, 0.5) is 0 Å². The Hall–Kier alpha value is -1.22. The van der Waals surface area contributed by atoms with Crippen LogP contribution in [-0.2, 0) is 6.42 Å². The van der Waals surface area contributed by atoms with E-state index in [1.54, 1.807) is 14.2 Å². The molecule has 0 aliphatic rings. The maximum atomic E-state index is 5.83. The van der Waals surface area contributed by atoms with Gasteiger partial charge >= 0.3 is 0 Å². The Bertz CT molecular complexity index is 373. The average Bonchev–Trinajstić information content (AvgIpc) is 2.21. The second kappa shape index (κ2) is 5.21. The van der Waals surface area contributed by atoms with E-state index in [0.29, 0.717) is 0 Å². The molecule has 16 heavy (non-hydrogen) atoms. The van der Waals surface area contributed by atoms with E-state index in [1.165, 1.54) is 5.56 Å². The first-order valence-corrected chi connectivity index (χ1v) is 5.47. The Morgan fingerprint density at radius 2 is 1.75 bits per heavy atom. The highest BCUT2D eigenvalue weighted by Crippen LogP contribution is 2.36. The molecule has 0 fully saturated rings. The van der Waals surface area contributed by atoms with Gasteiger partial charge in [-0.15, -0.1) is 0 Å². The first kappa shape index (κ1) is 12.8. The van der Waals surface area contributed by atoms with Gasteiger partial charge in [-0.3, -0.25) is 0 Å². The summed E-state index contributed by atoms with van der Waals surface area (Å²) in [6.07, 6.45) is 0.792. The van der Waals surface area contributed by atoms with E-state index in [9.17, 15) is 0 Å². The minimum absolute atomic E-state index is 0.112. The van der Waals surface area contributed by atoms with Gasteiger partial charge in [0.15, 0.2) is 11.5 Å². The van der Waals surface area contributed by atoms with Crippen molar-refractivity contribution in [3.05, 3.63) is 22.8 Å². The topological polar surface area (TPSA) is 44.5 Å². The third-order valence-electron chi connectivity index (χ3n) is 2.77. The molecule has 0 amide bonds. The predicted molar refractivity (Wildman–Crippen MR) is 66.4 cm³/mol. The molecule has 0 aliphatic carbocycles. The molecule has 1 aromatic rings. The van der Waals surface area contributed by atoms with E-state index < -0.39 is 0 Å². The standard InChI is InChI=1S/C13H21NO2/c1-8-6-11(7-9(2)14)13(16-5)12(15-4)10(8)3/h6,9H,7,14H2,1-5H3. The first-order chi connectivity index (χ1) is 7.51. The molecule has 0 radical (unpaired) electrons. The Morgan fingerprint density at radius 1 is 1.19 bits per heavy atom. The molecule has 0 saturated carbocycles. The van der Waals surface area contributed by atoms with Crippen LogP contribution < -0.4 is 15.2 Å². The van der Waals surface area contributed by atoms with Crippen LogP contribution in [0, 0.1) is 13.8 Å². The molecule has 1 unspecified atom stereocenters. The van der Waals surface area contributed by atoms with Gasteiger partial charge in [-0.05, 0) is 43.9 Å². The third kappa shape index (κ3) is 2.47. The molecule has 0 aliphatic heterocycles. The highest BCUT2D eigenvalue weighted by molar-refractivity contribution is 5.55. The van der Waals surface area contributed by atoms with Gasteiger partial charge in [0.2, 0.25) is 0 Å². The minimum Gasteiger partial charge on any atom is -0.493 e. The summed E-state index contributed by atoms with van der Waals surface area (Å²) in [5, 5.41) is 0. The fraction of sp³-hybridized carbons (Fsp3) is 0.538. The van der Waals surface area contributed by atoms with Gasteiger partial charge in [0, 0.05) is 6.04 Å². The van der Waals surface area contributed by atoms with Gasteiger partial charge in [-0.1, -0.05) is 6.07 Å². The summed E-state index contributed by atoms with van der Waals surface area (Å²) in [5.41, 5.74) is 9.26. The van der Waals surface area contributed by atoms with Crippen molar-refractivity contribution in [3.63, 3.8) is 0 Å². The lowest BCUT2D eigenvalue weighted by atomic mass is 9.99. The second-order valence-electron chi connectivity index (χ2n) is 4.23. The van der Waals surface area contributed by atoms with Crippen molar-refractivity contribution >= 4 is 0 Å². The van der Waals surface area contributed by atoms with Gasteiger partial charge in [0.25, 0.3) is 0 Å². The molecular formula is C13H21NO2. The number of benzene rings is 1. The lowest BCUT2D eigenvalue weighted by Crippen LogP contribution is -2.18. The predicted octanol–water partition coefficient (Wildman–Crippen LogP) is 2.21. The van der Waals surface area contributed by atoms with Crippen LogP contribution in [0.2, 0.25) is 0 Å². The monoisotopic (exact) mass is 223 g/mol. The largest absolute Gasteiger partial charge is 0.493 e. The fourth-order valence-electron chi connectivity index (χ4n) is 1.90. The Labute approximate surface area is 97.6 Å². The van der Waals surface area contributed by atoms with E-state index >= 15 is 0 Å². The van der Waals surface area contributed by atoms with Crippen molar-refractivity contribution in [2.75, 3.05) is 14.2 Å². The van der Waals surface area contributed by atoms with Crippen molar-refractivity contribution in [2.24, 2.45) is 5.73 Å². The van der Waals surface area contributed by atoms with Crippen LogP contribution in [0.15, 0.2) is 6.07 Å². The summed E-state index contributed by atoms with van der Waals surface area (Å²) in [5.74, 6) is 1.63. The van der Waals surface area contributed by atoms with Gasteiger partial charge < -0.3 is 15.2 Å². The van der Waals surface area contributed by atoms with E-state index in [4.69, 9.17) is 15.2 Å².